The highest BCUT2D eigenvalue weighted by Crippen LogP contribution is 2.23. The average molecular weight is 2060 g/mol. The van der Waals surface area contributed by atoms with E-state index in [0.29, 0.717) is 17.5 Å². The second-order valence-electron chi connectivity index (χ2n) is 38.7. The number of rotatable bonds is 62. The lowest BCUT2D eigenvalue weighted by molar-refractivity contribution is -0.145. The molecule has 1 aliphatic heterocycles. The fourth-order valence-corrected chi connectivity index (χ4v) is 15.0. The number of carbonyl (C=O) groups excluding carboxylic acids is 19. The molecule has 30 N–H and O–H groups in total. The summed E-state index contributed by atoms with van der Waals surface area (Å²) in [7, 11) is 0. The average Bonchev–Trinajstić information content (AvgIpc) is 1.63. The number of amides is 19. The fourth-order valence-electron chi connectivity index (χ4n) is 15.0. The second-order valence-corrected chi connectivity index (χ2v) is 38.7. The van der Waals surface area contributed by atoms with Crippen LogP contribution in [0.3, 0.4) is 0 Å². The first-order valence-corrected chi connectivity index (χ1v) is 48.6. The molecule has 0 aromatic heterocycles. The maximum Gasteiger partial charge on any atom is 0.328 e. The Morgan fingerprint density at radius 3 is 1.10 bits per heavy atom. The first-order chi connectivity index (χ1) is 68.1. The second kappa shape index (κ2) is 61.6. The number of aliphatic carboxylic acids is 3. The number of carboxylic acids is 3. The first kappa shape index (κ1) is 126. The lowest BCUT2D eigenvalue weighted by Crippen LogP contribution is -2.61. The summed E-state index contributed by atoms with van der Waals surface area (Å²) in [5, 5.41) is 114. The molecular weight excluding hydrogens is 1910 g/mol. The number of benzene rings is 2. The van der Waals surface area contributed by atoms with E-state index in [4.69, 9.17) is 16.9 Å². The summed E-state index contributed by atoms with van der Waals surface area (Å²) in [6, 6.07) is -14.8. The van der Waals surface area contributed by atoms with Gasteiger partial charge >= 0.3 is 17.9 Å². The molecule has 19 atom stereocenters. The molecule has 19 amide bonds. The number of guanidine groups is 1. The Kier molecular flexibility index (Phi) is 53.1. The van der Waals surface area contributed by atoms with Gasteiger partial charge in [-0.25, -0.2) is 4.79 Å². The van der Waals surface area contributed by atoms with Crippen LogP contribution in [-0.2, 0) is 118 Å². The maximum atomic E-state index is 14.7. The minimum Gasteiger partial charge on any atom is -0.508 e. The van der Waals surface area contributed by atoms with Gasteiger partial charge < -0.3 is 148 Å². The van der Waals surface area contributed by atoms with Crippen LogP contribution >= 0.6 is 0 Å². The molecule has 1 aliphatic rings. The van der Waals surface area contributed by atoms with Gasteiger partial charge in [0.25, 0.3) is 0 Å². The number of aliphatic hydroxyl groups excluding tert-OH is 1. The number of carbonyl (C=O) groups is 22. The lowest BCUT2D eigenvalue weighted by Gasteiger charge is -2.30. The van der Waals surface area contributed by atoms with E-state index in [1.165, 1.54) is 88.0 Å². The van der Waals surface area contributed by atoms with Crippen LogP contribution in [-0.4, -0.2) is 313 Å². The smallest absolute Gasteiger partial charge is 0.328 e. The van der Waals surface area contributed by atoms with E-state index in [0.717, 1.165) is 6.92 Å². The number of nitrogens with one attached hydrogen (secondary N) is 20. The zero-order valence-corrected chi connectivity index (χ0v) is 85.8. The molecule has 0 saturated carbocycles. The monoisotopic (exact) mass is 2060 g/mol. The highest BCUT2D eigenvalue weighted by molar-refractivity contribution is 6.02. The van der Waals surface area contributed by atoms with Gasteiger partial charge in [0, 0.05) is 38.8 Å². The number of likely N-dealkylation sites (tertiary alicyclic amines) is 1. The highest BCUT2D eigenvalue weighted by Gasteiger charge is 2.43. The Labute approximate surface area is 847 Å². The summed E-state index contributed by atoms with van der Waals surface area (Å²) < 4.78 is 0. The van der Waals surface area contributed by atoms with Crippen LogP contribution in [0.4, 0.5) is 0 Å². The molecule has 1 fully saturated rings. The summed E-state index contributed by atoms with van der Waals surface area (Å²) in [4.78, 5) is 301. The topological polar surface area (TPSA) is 805 Å². The Morgan fingerprint density at radius 2 is 0.685 bits per heavy atom. The van der Waals surface area contributed by atoms with E-state index in [2.05, 4.69) is 101 Å². The number of phenols is 2. The van der Waals surface area contributed by atoms with Crippen LogP contribution in [0.25, 0.3) is 0 Å². The third-order valence-electron chi connectivity index (χ3n) is 23.1. The molecule has 1 heterocycles. The third-order valence-corrected chi connectivity index (χ3v) is 23.1. The van der Waals surface area contributed by atoms with Gasteiger partial charge in [-0.3, -0.25) is 106 Å². The Balaban J connectivity index is 1.74. The summed E-state index contributed by atoms with van der Waals surface area (Å²) in [5.41, 5.74) is 11.8. The molecule has 0 radical (unpaired) electrons. The molecule has 146 heavy (non-hydrogen) atoms. The Bertz CT molecular complexity index is 4860. The third kappa shape index (κ3) is 44.8. The summed E-state index contributed by atoms with van der Waals surface area (Å²) in [5.74, 6) is -25.3. The quantitative estimate of drug-likeness (QED) is 0.0167. The molecule has 3 rings (SSSR count). The van der Waals surface area contributed by atoms with Gasteiger partial charge in [0.2, 0.25) is 112 Å². The molecule has 0 spiro atoms. The summed E-state index contributed by atoms with van der Waals surface area (Å²) in [6.07, 6.45) is -4.23. The number of nitrogens with zero attached hydrogens (tertiary/aromatic N) is 1. The number of aliphatic hydroxyl groups is 1. The van der Waals surface area contributed by atoms with Crippen LogP contribution < -0.4 is 112 Å². The maximum absolute atomic E-state index is 14.7. The van der Waals surface area contributed by atoms with Crippen molar-refractivity contribution in [3.63, 3.8) is 0 Å². The Hall–Kier alpha value is -14.4. The van der Waals surface area contributed by atoms with E-state index in [1.807, 2.05) is 0 Å². The summed E-state index contributed by atoms with van der Waals surface area (Å²) in [6.45, 7) is 25.8. The highest BCUT2D eigenvalue weighted by atomic mass is 16.4. The molecule has 0 aliphatic carbocycles. The van der Waals surface area contributed by atoms with Crippen molar-refractivity contribution in [3.8, 4) is 11.5 Å². The zero-order valence-electron chi connectivity index (χ0n) is 85.8. The van der Waals surface area contributed by atoms with E-state index < -0.39 is 295 Å². The van der Waals surface area contributed by atoms with E-state index in [-0.39, 0.29) is 106 Å². The molecule has 2 aromatic carbocycles. The molecule has 814 valence electrons. The van der Waals surface area contributed by atoms with Crippen molar-refractivity contribution in [2.24, 2.45) is 47.0 Å². The van der Waals surface area contributed by atoms with Gasteiger partial charge in [-0.15, -0.1) is 0 Å². The van der Waals surface area contributed by atoms with Crippen LogP contribution in [0.2, 0.25) is 0 Å². The number of aromatic hydroxyl groups is 2. The molecule has 51 nitrogen and oxygen atoms in total. The largest absolute Gasteiger partial charge is 0.508 e. The standard InChI is InChI=1S/C95H151N23O28/c1-44(2)37-63(84(135)105-52(15)79(130)104-53(16)80(131)114-74(48(9)10)91(142)112-64(38-45(3)4)85(136)108-62(32-34-72(126)127)82(133)111-66(40-56-23-27-58(120)28-24-56)86(137)110-65(39-46(5)6)88(139)117-76(55(18)119)94(145)146)109-87(138)67(41-57-25-29-59(121)30-26-57)113-92(143)75(49(11)12)116-89(140)68-22-20-36-118(68)93(144)54(17)103-70(123)42-100-78(129)51(14)102-69(122)43-101-90(141)73(47(7)8)115-83(134)60(21-19-35-99-95(97)98)107-81(132)61(31-33-71(124)125)106-77(128)50(13)96/h23-30,44-55,60-68,73-76,119-121H,19-22,31-43,96H2,1-18H3,(H,100,129)(H,101,141)(H,102,122)(H,103,123)(H,104,130)(H,105,135)(H,106,128)(H,107,132)(H,108,136)(H,109,138)(H,110,137)(H,111,133)(H,112,142)(H,113,143)(H,114,131)(H,115,134)(H,116,140)(H,117,139)(H,124,125)(H,126,127)(H,145,146)(H4,97,98,99)/t50-,51-,52-,53-,54-,55+,60-,61-,62-,63-,64-,65-,66-,67-,68-,73-,74-,75-,76-/m0/s1. The van der Waals surface area contributed by atoms with Crippen molar-refractivity contribution in [1.82, 2.24) is 106 Å². The van der Waals surface area contributed by atoms with Crippen molar-refractivity contribution < 1.29 is 136 Å². The molecule has 51 heteroatoms. The Morgan fingerprint density at radius 1 is 0.363 bits per heavy atom. The van der Waals surface area contributed by atoms with Gasteiger partial charge in [0.05, 0.1) is 25.2 Å². The molecular formula is C95H151N23O28. The van der Waals surface area contributed by atoms with Crippen molar-refractivity contribution in [2.45, 2.75) is 323 Å². The van der Waals surface area contributed by atoms with Crippen LogP contribution in [0.1, 0.15) is 206 Å². The number of nitrogens with two attached hydrogens (primary N) is 2. The summed E-state index contributed by atoms with van der Waals surface area (Å²) >= 11 is 0. The van der Waals surface area contributed by atoms with Gasteiger partial charge in [0.1, 0.15) is 108 Å². The van der Waals surface area contributed by atoms with Gasteiger partial charge in [-0.2, -0.15) is 0 Å². The SMILES string of the molecule is CC(C)C[C@H](NC(=O)[C@H](Cc1ccc(O)cc1)NC(=O)[C@@H](NC(=O)[C@@H]1CCCN1C(=O)[C@H](C)NC(=O)CNC(=O)[C@H](C)NC(=O)CNC(=O)[C@@H](NC(=O)[C@H](CCCNC(=N)N)NC(=O)[C@H](CCC(=O)O)NC(=O)[C@H](C)N)C(C)C)C(C)C)C(=O)N[C@@H](C)C(=O)N[C@@H](C)C(=O)N[C@H](C(=O)N[C@@H](CC(C)C)C(=O)N[C@@H](CCC(=O)O)C(=O)N[C@@H](Cc1ccc(O)cc1)C(=O)N[C@@H](CC(C)C)C(=O)N[C@H](C(=O)O)[C@@H](C)O)C(C)C. The van der Waals surface area contributed by atoms with Crippen molar-refractivity contribution in [1.29, 1.82) is 5.41 Å². The van der Waals surface area contributed by atoms with Crippen LogP contribution in [0.5, 0.6) is 11.5 Å². The number of hydrogen-bond donors (Lipinski definition) is 28. The van der Waals surface area contributed by atoms with E-state index >= 15 is 0 Å². The first-order valence-electron chi connectivity index (χ1n) is 48.6. The van der Waals surface area contributed by atoms with Crippen molar-refractivity contribution in [3.05, 3.63) is 59.7 Å². The van der Waals surface area contributed by atoms with Crippen LogP contribution in [0.15, 0.2) is 48.5 Å². The van der Waals surface area contributed by atoms with Gasteiger partial charge in [-0.05, 0) is 170 Å². The zero-order chi connectivity index (χ0) is 111. The number of carboxylic acid groups (broad SMARTS) is 3. The molecule has 1 saturated heterocycles. The molecule has 0 bridgehead atoms. The number of hydrogen-bond acceptors (Lipinski definition) is 27. The van der Waals surface area contributed by atoms with Gasteiger partial charge in [0.15, 0.2) is 12.0 Å². The fraction of sp³-hybridized carbons (Fsp3) is 0.632. The number of phenolic OH excluding ortho intramolecular Hbond substituents is 2. The van der Waals surface area contributed by atoms with Crippen LogP contribution in [0, 0.1) is 40.9 Å². The minimum absolute atomic E-state index is 0.0230. The van der Waals surface area contributed by atoms with Crippen molar-refractivity contribution >= 4 is 136 Å². The predicted octanol–water partition coefficient (Wildman–Crippen LogP) is -5.15. The normalized spacial score (nSPS) is 16.0. The molecule has 2 aromatic rings. The van der Waals surface area contributed by atoms with Gasteiger partial charge in [-0.1, -0.05) is 107 Å². The van der Waals surface area contributed by atoms with Crippen molar-refractivity contribution in [2.75, 3.05) is 26.2 Å². The predicted molar refractivity (Wildman–Crippen MR) is 527 cm³/mol. The van der Waals surface area contributed by atoms with E-state index in [1.54, 1.807) is 83.1 Å². The molecule has 0 unspecified atom stereocenters. The van der Waals surface area contributed by atoms with E-state index in [9.17, 15) is 136 Å². The minimum atomic E-state index is -1.78. The lowest BCUT2D eigenvalue weighted by atomic mass is 9.98.